The van der Waals surface area contributed by atoms with E-state index in [1.807, 2.05) is 19.9 Å². The largest absolute Gasteiger partial charge is 0.504 e. The van der Waals surface area contributed by atoms with Crippen LogP contribution in [0.25, 0.3) is 0 Å². The topological polar surface area (TPSA) is 91.3 Å². The fraction of sp³-hybridized carbons (Fsp3) is 0.579. The van der Waals surface area contributed by atoms with Gasteiger partial charge in [-0.1, -0.05) is 19.9 Å². The fourth-order valence-electron chi connectivity index (χ4n) is 3.28. The van der Waals surface area contributed by atoms with Crippen molar-refractivity contribution in [3.63, 3.8) is 0 Å². The highest BCUT2D eigenvalue weighted by Crippen LogP contribution is 2.43. The molecule has 7 nitrogen and oxygen atoms in total. The molecule has 0 bridgehead atoms. The van der Waals surface area contributed by atoms with Crippen molar-refractivity contribution >= 4 is 11.9 Å². The molecule has 1 fully saturated rings. The second-order valence-electron chi connectivity index (χ2n) is 6.62. The summed E-state index contributed by atoms with van der Waals surface area (Å²) in [6.07, 6.45) is -1.47. The Morgan fingerprint density at radius 1 is 1.15 bits per heavy atom. The van der Waals surface area contributed by atoms with E-state index in [-0.39, 0.29) is 30.3 Å². The van der Waals surface area contributed by atoms with Gasteiger partial charge in [0.2, 0.25) is 0 Å². The SMILES string of the molecule is COc1ccc(C2O[C@H](COC(C)=O)[C@@H](OC(C)=O)[C@H](C)[C@@H]2C)cc1O. The molecule has 1 aliphatic heterocycles. The molecular weight excluding hydrogens is 340 g/mol. The predicted octanol–water partition coefficient (Wildman–Crippen LogP) is 2.61. The molecule has 1 unspecified atom stereocenters. The van der Waals surface area contributed by atoms with Crippen molar-refractivity contribution in [1.82, 2.24) is 0 Å². The van der Waals surface area contributed by atoms with E-state index >= 15 is 0 Å². The minimum atomic E-state index is -0.594. The number of benzene rings is 1. The van der Waals surface area contributed by atoms with Gasteiger partial charge < -0.3 is 24.1 Å². The molecule has 0 spiro atoms. The van der Waals surface area contributed by atoms with Gasteiger partial charge in [-0.3, -0.25) is 9.59 Å². The number of carbonyl (C=O) groups excluding carboxylic acids is 2. The number of phenols is 1. The Balaban J connectivity index is 2.29. The van der Waals surface area contributed by atoms with Crippen LogP contribution in [0.4, 0.5) is 0 Å². The molecule has 1 heterocycles. The van der Waals surface area contributed by atoms with Crippen molar-refractivity contribution in [2.45, 2.75) is 46.0 Å². The zero-order valence-electron chi connectivity index (χ0n) is 15.7. The molecular formula is C19H26O7. The summed E-state index contributed by atoms with van der Waals surface area (Å²) in [6, 6.07) is 5.09. The first-order valence-electron chi connectivity index (χ1n) is 8.57. The molecule has 5 atom stereocenters. The Morgan fingerprint density at radius 2 is 1.85 bits per heavy atom. The molecule has 0 aromatic heterocycles. The number of esters is 2. The van der Waals surface area contributed by atoms with E-state index in [1.54, 1.807) is 12.1 Å². The molecule has 1 aromatic rings. The zero-order chi connectivity index (χ0) is 19.4. The zero-order valence-corrected chi connectivity index (χ0v) is 15.7. The minimum absolute atomic E-state index is 0.000669. The van der Waals surface area contributed by atoms with Crippen LogP contribution < -0.4 is 4.74 Å². The van der Waals surface area contributed by atoms with Crippen molar-refractivity contribution in [3.8, 4) is 11.5 Å². The van der Waals surface area contributed by atoms with Gasteiger partial charge in [-0.25, -0.2) is 0 Å². The quantitative estimate of drug-likeness (QED) is 0.801. The van der Waals surface area contributed by atoms with Crippen LogP contribution in [0.1, 0.15) is 39.4 Å². The minimum Gasteiger partial charge on any atom is -0.504 e. The van der Waals surface area contributed by atoms with Gasteiger partial charge in [-0.2, -0.15) is 0 Å². The maximum atomic E-state index is 11.5. The van der Waals surface area contributed by atoms with E-state index < -0.39 is 24.1 Å². The average Bonchev–Trinajstić information content (AvgIpc) is 2.57. The number of carbonyl (C=O) groups is 2. The number of aromatic hydroxyl groups is 1. The first kappa shape index (κ1) is 20.0. The van der Waals surface area contributed by atoms with Crippen molar-refractivity contribution in [2.24, 2.45) is 11.8 Å². The lowest BCUT2D eigenvalue weighted by atomic mass is 9.79. The smallest absolute Gasteiger partial charge is 0.303 e. The van der Waals surface area contributed by atoms with Crippen LogP contribution >= 0.6 is 0 Å². The summed E-state index contributed by atoms with van der Waals surface area (Å²) in [5.41, 5.74) is 0.775. The lowest BCUT2D eigenvalue weighted by Crippen LogP contribution is -2.50. The Hall–Kier alpha value is -2.28. The molecule has 1 aliphatic rings. The molecule has 0 aliphatic carbocycles. The van der Waals surface area contributed by atoms with Crippen LogP contribution in [0.15, 0.2) is 18.2 Å². The van der Waals surface area contributed by atoms with Crippen molar-refractivity contribution in [1.29, 1.82) is 0 Å². The van der Waals surface area contributed by atoms with Crippen LogP contribution in [-0.4, -0.2) is 43.0 Å². The second kappa shape index (κ2) is 8.40. The average molecular weight is 366 g/mol. The molecule has 0 saturated carbocycles. The summed E-state index contributed by atoms with van der Waals surface area (Å²) in [5, 5.41) is 10.1. The molecule has 26 heavy (non-hydrogen) atoms. The maximum Gasteiger partial charge on any atom is 0.303 e. The van der Waals surface area contributed by atoms with Crippen molar-refractivity contribution in [2.75, 3.05) is 13.7 Å². The number of methoxy groups -OCH3 is 1. The second-order valence-corrected chi connectivity index (χ2v) is 6.62. The lowest BCUT2D eigenvalue weighted by Gasteiger charge is -2.44. The van der Waals surface area contributed by atoms with Crippen molar-refractivity contribution < 1.29 is 33.6 Å². The van der Waals surface area contributed by atoms with Crippen LogP contribution in [0.5, 0.6) is 11.5 Å². The standard InChI is InChI=1S/C19H26O7/c1-10-11(2)19(25-13(4)21)17(9-24-12(3)20)26-18(10)14-6-7-16(23-5)15(22)8-14/h6-8,10-11,17-19,22H,9H2,1-5H3/t10-,11+,17+,18?,19-/m0/s1. The number of phenolic OH excluding ortho intramolecular Hbond substituents is 1. The van der Waals surface area contributed by atoms with Gasteiger partial charge in [-0.15, -0.1) is 0 Å². The third-order valence-corrected chi connectivity index (χ3v) is 4.80. The Kier molecular flexibility index (Phi) is 6.47. The highest BCUT2D eigenvalue weighted by Gasteiger charge is 2.44. The van der Waals surface area contributed by atoms with E-state index in [0.29, 0.717) is 5.75 Å². The van der Waals surface area contributed by atoms with E-state index in [1.165, 1.54) is 21.0 Å². The maximum absolute atomic E-state index is 11.5. The highest BCUT2D eigenvalue weighted by atomic mass is 16.6. The van der Waals surface area contributed by atoms with Crippen LogP contribution in [0.2, 0.25) is 0 Å². The summed E-state index contributed by atoms with van der Waals surface area (Å²) < 4.78 is 21.8. The fourth-order valence-corrected chi connectivity index (χ4v) is 3.28. The Morgan fingerprint density at radius 3 is 2.38 bits per heavy atom. The van der Waals surface area contributed by atoms with Gasteiger partial charge in [0.1, 0.15) is 18.8 Å². The highest BCUT2D eigenvalue weighted by molar-refractivity contribution is 5.66. The van der Waals surface area contributed by atoms with Crippen LogP contribution in [0.3, 0.4) is 0 Å². The first-order valence-corrected chi connectivity index (χ1v) is 8.57. The van der Waals surface area contributed by atoms with E-state index in [2.05, 4.69) is 0 Å². The van der Waals surface area contributed by atoms with E-state index in [9.17, 15) is 14.7 Å². The van der Waals surface area contributed by atoms with Gasteiger partial charge >= 0.3 is 11.9 Å². The Bertz CT molecular complexity index is 657. The number of hydrogen-bond acceptors (Lipinski definition) is 7. The predicted molar refractivity (Wildman–Crippen MR) is 92.8 cm³/mol. The molecule has 7 heteroatoms. The summed E-state index contributed by atoms with van der Waals surface area (Å²) in [4.78, 5) is 22.7. The van der Waals surface area contributed by atoms with Gasteiger partial charge in [0.15, 0.2) is 11.5 Å². The molecule has 2 rings (SSSR count). The third-order valence-electron chi connectivity index (χ3n) is 4.80. The number of hydrogen-bond donors (Lipinski definition) is 1. The Labute approximate surface area is 153 Å². The number of ether oxygens (including phenoxy) is 4. The summed E-state index contributed by atoms with van der Waals surface area (Å²) >= 11 is 0. The first-order chi connectivity index (χ1) is 12.2. The summed E-state index contributed by atoms with van der Waals surface area (Å²) in [6.45, 7) is 6.61. The lowest BCUT2D eigenvalue weighted by molar-refractivity contribution is -0.207. The van der Waals surface area contributed by atoms with Gasteiger partial charge in [-0.05, 0) is 23.6 Å². The van der Waals surface area contributed by atoms with Gasteiger partial charge in [0.05, 0.1) is 13.2 Å². The molecule has 1 saturated heterocycles. The third kappa shape index (κ3) is 4.46. The van der Waals surface area contributed by atoms with Crippen molar-refractivity contribution in [3.05, 3.63) is 23.8 Å². The van der Waals surface area contributed by atoms with Crippen LogP contribution in [-0.2, 0) is 23.8 Å². The van der Waals surface area contributed by atoms with Gasteiger partial charge in [0.25, 0.3) is 0 Å². The normalized spacial score (nSPS) is 28.3. The van der Waals surface area contributed by atoms with Crippen LogP contribution in [0, 0.1) is 11.8 Å². The molecule has 0 radical (unpaired) electrons. The molecule has 144 valence electrons. The molecule has 1 aromatic carbocycles. The summed E-state index contributed by atoms with van der Waals surface area (Å²) in [7, 11) is 1.48. The monoisotopic (exact) mass is 366 g/mol. The van der Waals surface area contributed by atoms with Gasteiger partial charge in [0, 0.05) is 19.8 Å². The summed E-state index contributed by atoms with van der Waals surface area (Å²) in [5.74, 6) is -0.485. The van der Waals surface area contributed by atoms with E-state index in [0.717, 1.165) is 5.56 Å². The number of rotatable bonds is 5. The molecule has 1 N–H and O–H groups in total. The molecule has 0 amide bonds. The van der Waals surface area contributed by atoms with E-state index in [4.69, 9.17) is 18.9 Å².